The first kappa shape index (κ1) is 27.2. The van der Waals surface area contributed by atoms with Crippen LogP contribution in [0, 0.1) is 0 Å². The molecule has 0 heterocycles. The summed E-state index contributed by atoms with van der Waals surface area (Å²) >= 11 is 0. The van der Waals surface area contributed by atoms with Gasteiger partial charge < -0.3 is 0 Å². The van der Waals surface area contributed by atoms with Crippen molar-refractivity contribution in [3.05, 3.63) is 132 Å². The molecule has 0 unspecified atom stereocenters. The van der Waals surface area contributed by atoms with E-state index in [1.54, 1.807) is 0 Å². The summed E-state index contributed by atoms with van der Waals surface area (Å²) in [5, 5.41) is 0. The van der Waals surface area contributed by atoms with Crippen LogP contribution in [0.1, 0.15) is 87.8 Å². The molecule has 0 spiro atoms. The molecule has 0 fully saturated rings. The average Bonchev–Trinajstić information content (AvgIpc) is 2.83. The molecule has 0 aromatic heterocycles. The van der Waals surface area contributed by atoms with Gasteiger partial charge in [-0.1, -0.05) is 126 Å². The van der Waals surface area contributed by atoms with Crippen LogP contribution in [-0.4, -0.2) is 0 Å². The minimum atomic E-state index is -0.0464. The van der Waals surface area contributed by atoms with Crippen molar-refractivity contribution in [2.24, 2.45) is 0 Å². The van der Waals surface area contributed by atoms with Crippen LogP contribution in [0.3, 0.4) is 0 Å². The van der Waals surface area contributed by atoms with E-state index in [1.807, 2.05) is 13.8 Å². The van der Waals surface area contributed by atoms with Crippen molar-refractivity contribution in [2.75, 3.05) is 0 Å². The largest absolute Gasteiger partial charge is 0.0955 e. The zero-order valence-corrected chi connectivity index (χ0v) is 23.2. The maximum Gasteiger partial charge on any atom is -0.00631 e. The second-order valence-electron chi connectivity index (χ2n) is 11.6. The van der Waals surface area contributed by atoms with Crippen LogP contribution < -0.4 is 0 Å². The third-order valence-electron chi connectivity index (χ3n) is 7.26. The Morgan fingerprint density at radius 2 is 0.861 bits per heavy atom. The molecule has 0 nitrogen and oxygen atoms in total. The first-order valence-corrected chi connectivity index (χ1v) is 12.8. The molecule has 0 aliphatic rings. The van der Waals surface area contributed by atoms with Crippen LogP contribution >= 0.6 is 0 Å². The predicted molar refractivity (Wildman–Crippen MR) is 162 cm³/mol. The van der Waals surface area contributed by atoms with Gasteiger partial charge in [0.25, 0.3) is 0 Å². The van der Waals surface area contributed by atoms with Crippen LogP contribution in [-0.2, 0) is 10.8 Å². The van der Waals surface area contributed by atoms with Crippen molar-refractivity contribution < 1.29 is 0 Å². The summed E-state index contributed by atoms with van der Waals surface area (Å²) in [5.41, 5.74) is 11.7. The Hall–Kier alpha value is -3.38. The molecule has 0 bridgehead atoms. The molecule has 0 saturated heterocycles. The van der Waals surface area contributed by atoms with Crippen LogP contribution in [0.4, 0.5) is 0 Å². The first-order valence-electron chi connectivity index (χ1n) is 12.8. The third-order valence-corrected chi connectivity index (χ3v) is 7.26. The maximum atomic E-state index is 4.45. The fraction of sp³-hybridized carbons (Fsp3) is 0.278. The van der Waals surface area contributed by atoms with Crippen molar-refractivity contribution in [3.8, 4) is 0 Å². The zero-order valence-electron chi connectivity index (χ0n) is 23.2. The molecular formula is C36H42. The van der Waals surface area contributed by atoms with Gasteiger partial charge in [0.05, 0.1) is 0 Å². The highest BCUT2D eigenvalue weighted by molar-refractivity contribution is 5.71. The zero-order chi connectivity index (χ0) is 26.7. The molecule has 36 heavy (non-hydrogen) atoms. The summed E-state index contributed by atoms with van der Waals surface area (Å²) in [7, 11) is 0. The highest BCUT2D eigenvalue weighted by Crippen LogP contribution is 2.39. The molecule has 186 valence electrons. The Labute approximate surface area is 219 Å². The van der Waals surface area contributed by atoms with Crippen LogP contribution in [0.5, 0.6) is 0 Å². The van der Waals surface area contributed by atoms with Crippen LogP contribution in [0.25, 0.3) is 22.3 Å². The van der Waals surface area contributed by atoms with Gasteiger partial charge in [-0.2, -0.15) is 0 Å². The summed E-state index contributed by atoms with van der Waals surface area (Å²) in [6.07, 6.45) is 1.77. The number of allylic oxidation sites excluding steroid dienone is 4. The predicted octanol–water partition coefficient (Wildman–Crippen LogP) is 10.5. The molecule has 0 amide bonds. The number of hydrogen-bond acceptors (Lipinski definition) is 0. The molecule has 0 saturated carbocycles. The first-order chi connectivity index (χ1) is 16.8. The second kappa shape index (κ2) is 10.7. The molecular weight excluding hydrogens is 432 g/mol. The Morgan fingerprint density at radius 1 is 0.528 bits per heavy atom. The van der Waals surface area contributed by atoms with Gasteiger partial charge in [0.1, 0.15) is 0 Å². The molecule has 3 aromatic rings. The lowest BCUT2D eigenvalue weighted by atomic mass is 9.73. The molecule has 0 aliphatic heterocycles. The Morgan fingerprint density at radius 3 is 1.22 bits per heavy atom. The summed E-state index contributed by atoms with van der Waals surface area (Å²) in [4.78, 5) is 0. The summed E-state index contributed by atoms with van der Waals surface area (Å²) in [6, 6.07) is 26.2. The average molecular weight is 475 g/mol. The van der Waals surface area contributed by atoms with Crippen molar-refractivity contribution >= 4 is 22.3 Å². The number of hydrogen-bond donors (Lipinski definition) is 0. The van der Waals surface area contributed by atoms with Crippen LogP contribution in [0.2, 0.25) is 0 Å². The quantitative estimate of drug-likeness (QED) is 0.274. The fourth-order valence-corrected chi connectivity index (χ4v) is 4.85. The summed E-state index contributed by atoms with van der Waals surface area (Å²) < 4.78 is 0. The minimum Gasteiger partial charge on any atom is -0.0955 e. The van der Waals surface area contributed by atoms with Gasteiger partial charge in [0.2, 0.25) is 0 Å². The molecule has 3 rings (SSSR count). The van der Waals surface area contributed by atoms with Gasteiger partial charge in [0.15, 0.2) is 0 Å². The number of rotatable bonds is 10. The Balaban J connectivity index is 1.81. The molecule has 0 radical (unpaired) electrons. The van der Waals surface area contributed by atoms with E-state index in [4.69, 9.17) is 0 Å². The Kier molecular flexibility index (Phi) is 8.09. The fourth-order valence-electron chi connectivity index (χ4n) is 4.85. The van der Waals surface area contributed by atoms with E-state index in [9.17, 15) is 0 Å². The van der Waals surface area contributed by atoms with E-state index in [1.165, 1.54) is 33.4 Å². The third kappa shape index (κ3) is 6.43. The lowest BCUT2D eigenvalue weighted by Crippen LogP contribution is -2.21. The monoisotopic (exact) mass is 474 g/mol. The molecule has 0 aliphatic carbocycles. The van der Waals surface area contributed by atoms with Crippen molar-refractivity contribution in [1.82, 2.24) is 0 Å². The van der Waals surface area contributed by atoms with E-state index < -0.39 is 0 Å². The topological polar surface area (TPSA) is 0 Å². The van der Waals surface area contributed by atoms with Gasteiger partial charge in [-0.25, -0.2) is 0 Å². The smallest absolute Gasteiger partial charge is 0.00631 e. The molecule has 0 atom stereocenters. The normalized spacial score (nSPS) is 11.7. The number of benzene rings is 3. The molecule has 3 aromatic carbocycles. The van der Waals surface area contributed by atoms with E-state index in [0.717, 1.165) is 35.1 Å². The van der Waals surface area contributed by atoms with Gasteiger partial charge in [0, 0.05) is 0 Å². The van der Waals surface area contributed by atoms with Crippen LogP contribution in [0.15, 0.2) is 99.1 Å². The molecule has 0 heteroatoms. The van der Waals surface area contributed by atoms with Crippen molar-refractivity contribution in [3.63, 3.8) is 0 Å². The molecule has 0 N–H and O–H groups in total. The SMILES string of the molecule is C=C(C)c1cccc(C(=C)CC(C)(C)c2cccc(C(C)(C)CC(=C)c3cccc(C(=C)C)c3)c2)c1. The lowest BCUT2D eigenvalue weighted by Gasteiger charge is -2.31. The standard InChI is InChI=1S/C36H42/c1-25(2)29-14-11-16-31(20-29)27(5)23-35(7,8)33-18-13-19-34(22-33)36(9,10)24-28(6)32-17-12-15-30(21-32)26(3)4/h11-22H,1,3,5-6,23-24H2,2,4,7-10H3. The summed E-state index contributed by atoms with van der Waals surface area (Å²) in [5.74, 6) is 0. The van der Waals surface area contributed by atoms with E-state index >= 15 is 0 Å². The lowest BCUT2D eigenvalue weighted by molar-refractivity contribution is 0.523. The second-order valence-corrected chi connectivity index (χ2v) is 11.6. The highest BCUT2D eigenvalue weighted by Gasteiger charge is 2.27. The Bertz CT molecular complexity index is 1210. The maximum absolute atomic E-state index is 4.45. The van der Waals surface area contributed by atoms with E-state index in [0.29, 0.717) is 0 Å². The van der Waals surface area contributed by atoms with Gasteiger partial charge in [-0.05, 0) is 94.2 Å². The van der Waals surface area contributed by atoms with E-state index in [2.05, 4.69) is 127 Å². The highest BCUT2D eigenvalue weighted by atomic mass is 14.3. The van der Waals surface area contributed by atoms with Crippen molar-refractivity contribution in [2.45, 2.75) is 65.2 Å². The van der Waals surface area contributed by atoms with Gasteiger partial charge in [-0.15, -0.1) is 0 Å². The summed E-state index contributed by atoms with van der Waals surface area (Å²) in [6.45, 7) is 30.4. The minimum absolute atomic E-state index is 0.0464. The van der Waals surface area contributed by atoms with Gasteiger partial charge >= 0.3 is 0 Å². The van der Waals surface area contributed by atoms with Gasteiger partial charge in [-0.3, -0.25) is 0 Å². The van der Waals surface area contributed by atoms with E-state index in [-0.39, 0.29) is 10.8 Å². The van der Waals surface area contributed by atoms with Crippen molar-refractivity contribution in [1.29, 1.82) is 0 Å².